The van der Waals surface area contributed by atoms with Gasteiger partial charge in [-0.2, -0.15) is 0 Å². The molecule has 0 aromatic carbocycles. The van der Waals surface area contributed by atoms with E-state index in [4.69, 9.17) is 0 Å². The van der Waals surface area contributed by atoms with Crippen LogP contribution in [0.4, 0.5) is 0 Å². The molecule has 0 saturated carbocycles. The standard InChI is InChI=1S/C16H23N3/c1-4-6-15-8-13(3)9-16(7-5-2)19(15)11-14-10-17-12-18-14/h4-5,8,10,12,15-16H,1-2,6-7,9,11H2,3H3,(H,17,18)/t15-,16-/m1/s1. The lowest BCUT2D eigenvalue weighted by molar-refractivity contribution is 0.136. The van der Waals surface area contributed by atoms with Crippen LogP contribution < -0.4 is 0 Å². The molecule has 19 heavy (non-hydrogen) atoms. The first-order valence-electron chi connectivity index (χ1n) is 6.86. The summed E-state index contributed by atoms with van der Waals surface area (Å²) >= 11 is 0. The Morgan fingerprint density at radius 2 is 2.21 bits per heavy atom. The maximum atomic E-state index is 4.11. The van der Waals surface area contributed by atoms with Gasteiger partial charge in [0.05, 0.1) is 6.33 Å². The maximum absolute atomic E-state index is 4.11. The Bertz CT molecular complexity index is 445. The van der Waals surface area contributed by atoms with E-state index >= 15 is 0 Å². The fraction of sp³-hybridized carbons (Fsp3) is 0.438. The van der Waals surface area contributed by atoms with Crippen LogP contribution in [0.2, 0.25) is 0 Å². The third kappa shape index (κ3) is 3.44. The highest BCUT2D eigenvalue weighted by Gasteiger charge is 2.28. The molecule has 0 saturated heterocycles. The Balaban J connectivity index is 2.19. The fourth-order valence-electron chi connectivity index (χ4n) is 2.85. The van der Waals surface area contributed by atoms with Gasteiger partial charge in [-0.05, 0) is 26.2 Å². The second kappa shape index (κ2) is 6.53. The van der Waals surface area contributed by atoms with E-state index in [0.29, 0.717) is 12.1 Å². The zero-order valence-corrected chi connectivity index (χ0v) is 11.7. The number of imidazole rings is 1. The molecule has 0 spiro atoms. The highest BCUT2D eigenvalue weighted by molar-refractivity contribution is 5.15. The van der Waals surface area contributed by atoms with Crippen molar-refractivity contribution >= 4 is 0 Å². The molecule has 2 heterocycles. The van der Waals surface area contributed by atoms with Crippen molar-refractivity contribution in [3.63, 3.8) is 0 Å². The van der Waals surface area contributed by atoms with Gasteiger partial charge in [-0.1, -0.05) is 23.8 Å². The lowest BCUT2D eigenvalue weighted by atomic mass is 9.92. The molecule has 2 atom stereocenters. The van der Waals surface area contributed by atoms with Crippen LogP contribution in [0.25, 0.3) is 0 Å². The van der Waals surface area contributed by atoms with Crippen molar-refractivity contribution < 1.29 is 0 Å². The van der Waals surface area contributed by atoms with Crippen LogP contribution in [0.1, 0.15) is 31.9 Å². The second-order valence-corrected chi connectivity index (χ2v) is 5.24. The van der Waals surface area contributed by atoms with E-state index in [2.05, 4.69) is 41.0 Å². The summed E-state index contributed by atoms with van der Waals surface area (Å²) in [6.07, 6.45) is 13.2. The minimum Gasteiger partial charge on any atom is -0.347 e. The number of aromatic amines is 1. The average molecular weight is 257 g/mol. The Morgan fingerprint density at radius 1 is 1.42 bits per heavy atom. The molecule has 0 aliphatic carbocycles. The van der Waals surface area contributed by atoms with Crippen LogP contribution in [-0.4, -0.2) is 27.0 Å². The molecule has 1 aliphatic heterocycles. The minimum absolute atomic E-state index is 0.430. The normalized spacial score (nSPS) is 23.9. The Kier molecular flexibility index (Phi) is 4.74. The summed E-state index contributed by atoms with van der Waals surface area (Å²) in [6.45, 7) is 10.9. The summed E-state index contributed by atoms with van der Waals surface area (Å²) in [4.78, 5) is 9.83. The quantitative estimate of drug-likeness (QED) is 0.792. The number of nitrogens with zero attached hydrogens (tertiary/aromatic N) is 2. The smallest absolute Gasteiger partial charge is 0.0922 e. The molecule has 1 N–H and O–H groups in total. The third-order valence-corrected chi connectivity index (χ3v) is 3.68. The van der Waals surface area contributed by atoms with Crippen molar-refractivity contribution in [2.24, 2.45) is 0 Å². The number of nitrogens with one attached hydrogen (secondary N) is 1. The van der Waals surface area contributed by atoms with Gasteiger partial charge >= 0.3 is 0 Å². The SMILES string of the molecule is C=CC[C@@H]1CC(C)=C[C@@H](CC=C)N1Cc1cnc[nH]1. The Hall–Kier alpha value is -1.61. The van der Waals surface area contributed by atoms with Crippen LogP contribution in [0.15, 0.2) is 49.5 Å². The molecule has 1 aromatic rings. The van der Waals surface area contributed by atoms with E-state index in [1.807, 2.05) is 18.3 Å². The zero-order chi connectivity index (χ0) is 13.7. The summed E-state index contributed by atoms with van der Waals surface area (Å²) in [5.74, 6) is 0. The number of hydrogen-bond acceptors (Lipinski definition) is 2. The van der Waals surface area contributed by atoms with Crippen molar-refractivity contribution in [1.29, 1.82) is 0 Å². The molecule has 0 bridgehead atoms. The van der Waals surface area contributed by atoms with Gasteiger partial charge < -0.3 is 4.98 Å². The van der Waals surface area contributed by atoms with E-state index < -0.39 is 0 Å². The van der Waals surface area contributed by atoms with Crippen LogP contribution in [-0.2, 0) is 6.54 Å². The van der Waals surface area contributed by atoms with E-state index in [-0.39, 0.29) is 0 Å². The highest BCUT2D eigenvalue weighted by atomic mass is 15.2. The maximum Gasteiger partial charge on any atom is 0.0922 e. The summed E-state index contributed by atoms with van der Waals surface area (Å²) in [6, 6.07) is 0.954. The number of rotatable bonds is 6. The molecule has 1 aromatic heterocycles. The predicted octanol–water partition coefficient (Wildman–Crippen LogP) is 3.45. The molecule has 1 aliphatic rings. The van der Waals surface area contributed by atoms with Crippen molar-refractivity contribution in [3.05, 3.63) is 55.2 Å². The van der Waals surface area contributed by atoms with Gasteiger partial charge in [0, 0.05) is 30.5 Å². The molecule has 0 amide bonds. The fourth-order valence-corrected chi connectivity index (χ4v) is 2.85. The summed E-state index contributed by atoms with van der Waals surface area (Å²) in [5, 5.41) is 0. The van der Waals surface area contributed by atoms with Crippen LogP contribution in [0.3, 0.4) is 0 Å². The topological polar surface area (TPSA) is 31.9 Å². The van der Waals surface area contributed by atoms with Crippen molar-refractivity contribution in [1.82, 2.24) is 14.9 Å². The zero-order valence-electron chi connectivity index (χ0n) is 11.7. The van der Waals surface area contributed by atoms with Gasteiger partial charge in [0.2, 0.25) is 0 Å². The van der Waals surface area contributed by atoms with Crippen LogP contribution in [0.5, 0.6) is 0 Å². The molecule has 0 unspecified atom stereocenters. The van der Waals surface area contributed by atoms with Crippen LogP contribution in [0, 0.1) is 0 Å². The second-order valence-electron chi connectivity index (χ2n) is 5.24. The molecule has 0 fully saturated rings. The molecule has 3 heteroatoms. The number of hydrogen-bond donors (Lipinski definition) is 1. The van der Waals surface area contributed by atoms with E-state index in [1.54, 1.807) is 6.33 Å². The number of H-pyrrole nitrogens is 1. The monoisotopic (exact) mass is 257 g/mol. The lowest BCUT2D eigenvalue weighted by Crippen LogP contribution is -2.44. The lowest BCUT2D eigenvalue weighted by Gasteiger charge is -2.40. The van der Waals surface area contributed by atoms with Gasteiger partial charge in [-0.3, -0.25) is 4.90 Å². The Morgan fingerprint density at radius 3 is 2.84 bits per heavy atom. The summed E-state index contributed by atoms with van der Waals surface area (Å²) < 4.78 is 0. The van der Waals surface area contributed by atoms with Crippen molar-refractivity contribution in [2.45, 2.75) is 44.8 Å². The van der Waals surface area contributed by atoms with Gasteiger partial charge in [0.25, 0.3) is 0 Å². The third-order valence-electron chi connectivity index (χ3n) is 3.68. The van der Waals surface area contributed by atoms with E-state index in [1.165, 1.54) is 5.57 Å². The predicted molar refractivity (Wildman–Crippen MR) is 79.7 cm³/mol. The highest BCUT2D eigenvalue weighted by Crippen LogP contribution is 2.28. The first kappa shape index (κ1) is 13.8. The number of aromatic nitrogens is 2. The summed E-state index contributed by atoms with van der Waals surface area (Å²) in [5.41, 5.74) is 2.63. The van der Waals surface area contributed by atoms with Gasteiger partial charge in [-0.15, -0.1) is 13.2 Å². The van der Waals surface area contributed by atoms with Crippen molar-refractivity contribution in [3.8, 4) is 0 Å². The van der Waals surface area contributed by atoms with Crippen LogP contribution >= 0.6 is 0 Å². The first-order chi connectivity index (χ1) is 9.24. The largest absolute Gasteiger partial charge is 0.347 e. The average Bonchev–Trinajstić information content (AvgIpc) is 2.87. The molecular formula is C16H23N3. The molecule has 0 radical (unpaired) electrons. The van der Waals surface area contributed by atoms with Crippen molar-refractivity contribution in [2.75, 3.05) is 0 Å². The van der Waals surface area contributed by atoms with E-state index in [0.717, 1.165) is 31.5 Å². The molecule has 3 nitrogen and oxygen atoms in total. The minimum atomic E-state index is 0.430. The summed E-state index contributed by atoms with van der Waals surface area (Å²) in [7, 11) is 0. The van der Waals surface area contributed by atoms with Gasteiger partial charge in [0.15, 0.2) is 0 Å². The molecule has 2 rings (SSSR count). The Labute approximate surface area is 115 Å². The van der Waals surface area contributed by atoms with Gasteiger partial charge in [0.1, 0.15) is 0 Å². The first-order valence-corrected chi connectivity index (χ1v) is 6.86. The molecule has 102 valence electrons. The molecular weight excluding hydrogens is 234 g/mol. The van der Waals surface area contributed by atoms with E-state index in [9.17, 15) is 0 Å². The van der Waals surface area contributed by atoms with Gasteiger partial charge in [-0.25, -0.2) is 4.98 Å².